The molecule has 0 saturated heterocycles. The van der Waals surface area contributed by atoms with Crippen LogP contribution in [0.3, 0.4) is 0 Å². The number of aliphatic hydroxyl groups is 1. The molecule has 1 nitrogen and oxygen atoms in total. The Labute approximate surface area is 75.5 Å². The lowest BCUT2D eigenvalue weighted by Gasteiger charge is -2.12. The van der Waals surface area contributed by atoms with Crippen molar-refractivity contribution in [3.8, 4) is 0 Å². The van der Waals surface area contributed by atoms with Gasteiger partial charge < -0.3 is 5.11 Å². The van der Waals surface area contributed by atoms with Gasteiger partial charge in [0, 0.05) is 0 Å². The first-order valence-corrected chi connectivity index (χ1v) is 5.01. The van der Waals surface area contributed by atoms with Gasteiger partial charge in [-0.1, -0.05) is 37.3 Å². The van der Waals surface area contributed by atoms with Gasteiger partial charge in [-0.05, 0) is 26.2 Å². The number of aliphatic hydroxyl groups excluding tert-OH is 1. The number of hydrogen-bond donors (Lipinski definition) is 1. The first-order chi connectivity index (χ1) is 5.68. The topological polar surface area (TPSA) is 20.2 Å². The fourth-order valence-electron chi connectivity index (χ4n) is 2.04. The minimum Gasteiger partial charge on any atom is -0.389 e. The first-order valence-electron chi connectivity index (χ1n) is 5.01. The van der Waals surface area contributed by atoms with Crippen molar-refractivity contribution in [1.82, 2.24) is 0 Å². The van der Waals surface area contributed by atoms with E-state index in [0.717, 1.165) is 12.3 Å². The van der Waals surface area contributed by atoms with E-state index in [4.69, 9.17) is 0 Å². The second kappa shape index (κ2) is 4.66. The van der Waals surface area contributed by atoms with E-state index in [1.54, 1.807) is 0 Å². The van der Waals surface area contributed by atoms with Gasteiger partial charge in [0.05, 0.1) is 6.10 Å². The molecule has 0 aliphatic heterocycles. The Morgan fingerprint density at radius 2 is 2.00 bits per heavy atom. The molecule has 1 rings (SSSR count). The molecule has 1 N–H and O–H groups in total. The van der Waals surface area contributed by atoms with E-state index in [2.05, 4.69) is 0 Å². The lowest BCUT2D eigenvalue weighted by Crippen LogP contribution is -2.08. The van der Waals surface area contributed by atoms with E-state index in [1.165, 1.54) is 31.3 Å². The van der Waals surface area contributed by atoms with Crippen molar-refractivity contribution in [3.63, 3.8) is 0 Å². The Bertz CT molecular complexity index is 150. The van der Waals surface area contributed by atoms with E-state index in [-0.39, 0.29) is 6.10 Å². The summed E-state index contributed by atoms with van der Waals surface area (Å²) in [6.07, 6.45) is 8.14. The van der Waals surface area contributed by atoms with Gasteiger partial charge >= 0.3 is 0 Å². The van der Waals surface area contributed by atoms with Crippen LogP contribution >= 0.6 is 0 Å². The average Bonchev–Trinajstić information content (AvgIpc) is 2.37. The maximum absolute atomic E-state index is 9.60. The quantitative estimate of drug-likeness (QED) is 0.642. The fraction of sp³-hybridized carbons (Fsp3) is 0.818. The van der Waals surface area contributed by atoms with Crippen molar-refractivity contribution < 1.29 is 5.11 Å². The molecule has 0 heterocycles. The maximum Gasteiger partial charge on any atom is 0.0725 e. The van der Waals surface area contributed by atoms with E-state index in [9.17, 15) is 5.11 Å². The van der Waals surface area contributed by atoms with Crippen molar-refractivity contribution in [2.24, 2.45) is 5.92 Å². The molecule has 1 fully saturated rings. The van der Waals surface area contributed by atoms with Crippen LogP contribution in [0.4, 0.5) is 0 Å². The maximum atomic E-state index is 9.60. The third-order valence-electron chi connectivity index (χ3n) is 2.58. The second-order valence-corrected chi connectivity index (χ2v) is 4.20. The molecule has 1 saturated carbocycles. The molecule has 70 valence electrons. The summed E-state index contributed by atoms with van der Waals surface area (Å²) in [5.74, 6) is 0.788. The van der Waals surface area contributed by atoms with Crippen LogP contribution < -0.4 is 0 Å². The normalized spacial score (nSPS) is 20.9. The molecule has 0 aromatic heterocycles. The molecular weight excluding hydrogens is 148 g/mol. The minimum absolute atomic E-state index is 0.196. The summed E-state index contributed by atoms with van der Waals surface area (Å²) in [6, 6.07) is 0. The summed E-state index contributed by atoms with van der Waals surface area (Å²) in [7, 11) is 0. The molecule has 1 aliphatic carbocycles. The first kappa shape index (κ1) is 9.79. The summed E-state index contributed by atoms with van der Waals surface area (Å²) in [5.41, 5.74) is 1.22. The van der Waals surface area contributed by atoms with E-state index >= 15 is 0 Å². The van der Waals surface area contributed by atoms with Crippen molar-refractivity contribution in [3.05, 3.63) is 11.6 Å². The summed E-state index contributed by atoms with van der Waals surface area (Å²) >= 11 is 0. The Hall–Kier alpha value is -0.300. The van der Waals surface area contributed by atoms with E-state index < -0.39 is 0 Å². The Morgan fingerprint density at radius 1 is 1.42 bits per heavy atom. The zero-order valence-corrected chi connectivity index (χ0v) is 8.21. The van der Waals surface area contributed by atoms with Crippen LogP contribution in [0.1, 0.15) is 46.0 Å². The summed E-state index contributed by atoms with van der Waals surface area (Å²) in [5, 5.41) is 9.60. The highest BCUT2D eigenvalue weighted by Gasteiger charge is 2.17. The molecule has 1 atom stereocenters. The van der Waals surface area contributed by atoms with Crippen LogP contribution in [0.25, 0.3) is 0 Å². The van der Waals surface area contributed by atoms with E-state index in [0.29, 0.717) is 0 Å². The molecular formula is C11H20O. The summed E-state index contributed by atoms with van der Waals surface area (Å²) in [6.45, 7) is 4.08. The smallest absolute Gasteiger partial charge is 0.0725 e. The van der Waals surface area contributed by atoms with Gasteiger partial charge in [-0.25, -0.2) is 0 Å². The zero-order chi connectivity index (χ0) is 8.97. The largest absolute Gasteiger partial charge is 0.389 e. The van der Waals surface area contributed by atoms with Gasteiger partial charge in [-0.15, -0.1) is 0 Å². The fourth-order valence-corrected chi connectivity index (χ4v) is 2.04. The van der Waals surface area contributed by atoms with Crippen molar-refractivity contribution >= 4 is 0 Å². The van der Waals surface area contributed by atoms with Gasteiger partial charge in [0.1, 0.15) is 0 Å². The summed E-state index contributed by atoms with van der Waals surface area (Å²) in [4.78, 5) is 0. The van der Waals surface area contributed by atoms with Gasteiger partial charge in [0.15, 0.2) is 0 Å². The standard InChI is InChI=1S/C11H20O/c1-9(2)7-11(12)8-10-5-3-4-6-10/h7,10-12H,3-6,8H2,1-2H3. The molecule has 0 aromatic rings. The molecule has 1 unspecified atom stereocenters. The zero-order valence-electron chi connectivity index (χ0n) is 8.21. The third kappa shape index (κ3) is 3.40. The molecule has 1 aliphatic rings. The van der Waals surface area contributed by atoms with Gasteiger partial charge in [-0.3, -0.25) is 0 Å². The molecule has 0 aromatic carbocycles. The second-order valence-electron chi connectivity index (χ2n) is 4.20. The highest BCUT2D eigenvalue weighted by molar-refractivity contribution is 4.98. The molecule has 0 radical (unpaired) electrons. The van der Waals surface area contributed by atoms with Crippen LogP contribution in [0.5, 0.6) is 0 Å². The molecule has 0 amide bonds. The molecule has 0 bridgehead atoms. The summed E-state index contributed by atoms with van der Waals surface area (Å²) < 4.78 is 0. The SMILES string of the molecule is CC(C)=CC(O)CC1CCCC1. The lowest BCUT2D eigenvalue weighted by atomic mass is 9.99. The van der Waals surface area contributed by atoms with Gasteiger partial charge in [-0.2, -0.15) is 0 Å². The molecule has 1 heteroatoms. The Morgan fingerprint density at radius 3 is 2.50 bits per heavy atom. The minimum atomic E-state index is -0.196. The van der Waals surface area contributed by atoms with Crippen LogP contribution in [-0.4, -0.2) is 11.2 Å². The number of allylic oxidation sites excluding steroid dienone is 1. The van der Waals surface area contributed by atoms with Crippen LogP contribution in [0.15, 0.2) is 11.6 Å². The number of hydrogen-bond acceptors (Lipinski definition) is 1. The van der Waals surface area contributed by atoms with Crippen molar-refractivity contribution in [2.75, 3.05) is 0 Å². The average molecular weight is 168 g/mol. The molecule has 12 heavy (non-hydrogen) atoms. The number of rotatable bonds is 3. The van der Waals surface area contributed by atoms with Crippen LogP contribution in [0, 0.1) is 5.92 Å². The van der Waals surface area contributed by atoms with Crippen LogP contribution in [0.2, 0.25) is 0 Å². The Kier molecular flexibility index (Phi) is 3.80. The van der Waals surface area contributed by atoms with Crippen LogP contribution in [-0.2, 0) is 0 Å². The molecule has 0 spiro atoms. The van der Waals surface area contributed by atoms with Crippen molar-refractivity contribution in [2.45, 2.75) is 52.1 Å². The lowest BCUT2D eigenvalue weighted by molar-refractivity contribution is 0.187. The van der Waals surface area contributed by atoms with Crippen molar-refractivity contribution in [1.29, 1.82) is 0 Å². The predicted octanol–water partition coefficient (Wildman–Crippen LogP) is 2.89. The van der Waals surface area contributed by atoms with Gasteiger partial charge in [0.2, 0.25) is 0 Å². The highest BCUT2D eigenvalue weighted by atomic mass is 16.3. The van der Waals surface area contributed by atoms with E-state index in [1.807, 2.05) is 19.9 Å². The Balaban J connectivity index is 2.25. The monoisotopic (exact) mass is 168 g/mol. The van der Waals surface area contributed by atoms with Gasteiger partial charge in [0.25, 0.3) is 0 Å². The third-order valence-corrected chi connectivity index (χ3v) is 2.58. The predicted molar refractivity (Wildman–Crippen MR) is 52.0 cm³/mol. The highest BCUT2D eigenvalue weighted by Crippen LogP contribution is 2.28.